The Bertz CT molecular complexity index is 1020. The van der Waals surface area contributed by atoms with Crippen LogP contribution in [-0.4, -0.2) is 13.4 Å². The van der Waals surface area contributed by atoms with Gasteiger partial charge in [0.05, 0.1) is 20.8 Å². The molecule has 0 amide bonds. The van der Waals surface area contributed by atoms with E-state index in [1.807, 2.05) is 5.38 Å². The van der Waals surface area contributed by atoms with Crippen molar-refractivity contribution in [3.05, 3.63) is 38.3 Å². The van der Waals surface area contributed by atoms with Crippen LogP contribution < -0.4 is 4.72 Å². The summed E-state index contributed by atoms with van der Waals surface area (Å²) in [5.41, 5.74) is 1.19. The van der Waals surface area contributed by atoms with Gasteiger partial charge in [0.15, 0.2) is 5.13 Å². The number of hydrogen-bond acceptors (Lipinski definition) is 4. The number of aromatic nitrogens is 1. The predicted molar refractivity (Wildman–Crippen MR) is 114 cm³/mol. The van der Waals surface area contributed by atoms with E-state index in [0.29, 0.717) is 5.13 Å². The Balaban J connectivity index is 1.42. The van der Waals surface area contributed by atoms with Gasteiger partial charge < -0.3 is 0 Å². The topological polar surface area (TPSA) is 59.1 Å². The Morgan fingerprint density at radius 2 is 1.61 bits per heavy atom. The molecule has 28 heavy (non-hydrogen) atoms. The molecule has 9 heteroatoms. The first-order valence-electron chi connectivity index (χ1n) is 9.38. The first-order valence-corrected chi connectivity index (χ1v) is 12.9. The molecule has 1 aromatic heterocycles. The van der Waals surface area contributed by atoms with Crippen LogP contribution in [0.5, 0.6) is 0 Å². The molecular formula is C19H19Cl3N2O2S2. The van der Waals surface area contributed by atoms with Crippen molar-refractivity contribution in [2.45, 2.75) is 48.8 Å². The Morgan fingerprint density at radius 1 is 1.00 bits per heavy atom. The summed E-state index contributed by atoms with van der Waals surface area (Å²) in [5.74, 6) is 2.43. The summed E-state index contributed by atoms with van der Waals surface area (Å²) >= 11 is 19.4. The van der Waals surface area contributed by atoms with Gasteiger partial charge in [-0.2, -0.15) is 0 Å². The molecule has 1 N–H and O–H groups in total. The van der Waals surface area contributed by atoms with Crippen LogP contribution >= 0.6 is 46.1 Å². The number of halogens is 3. The molecule has 4 aliphatic carbocycles. The minimum atomic E-state index is -3.90. The van der Waals surface area contributed by atoms with Crippen molar-refractivity contribution in [1.29, 1.82) is 0 Å². The summed E-state index contributed by atoms with van der Waals surface area (Å²) in [4.78, 5) is 4.60. The van der Waals surface area contributed by atoms with E-state index in [1.54, 1.807) is 0 Å². The van der Waals surface area contributed by atoms with E-state index in [9.17, 15) is 8.42 Å². The monoisotopic (exact) mass is 476 g/mol. The highest BCUT2D eigenvalue weighted by Crippen LogP contribution is 2.60. The zero-order chi connectivity index (χ0) is 19.7. The van der Waals surface area contributed by atoms with Gasteiger partial charge in [-0.05, 0) is 68.4 Å². The third-order valence-corrected chi connectivity index (χ3v) is 10.3. The summed E-state index contributed by atoms with van der Waals surface area (Å²) in [7, 11) is -3.90. The standard InChI is InChI=1S/C19H19Cl3N2O2S2/c20-13-1-2-14(17(22)16(13)21)28(25,26)24-18-23-15(9-27-18)19-6-10-3-11(7-19)5-12(4-10)8-19/h1-2,9-12H,3-8H2,(H,23,24). The van der Waals surface area contributed by atoms with Crippen molar-refractivity contribution in [3.8, 4) is 0 Å². The Morgan fingerprint density at radius 3 is 2.21 bits per heavy atom. The average molecular weight is 478 g/mol. The lowest BCUT2D eigenvalue weighted by atomic mass is 9.49. The molecule has 2 aromatic rings. The summed E-state index contributed by atoms with van der Waals surface area (Å²) < 4.78 is 28.2. The Kier molecular flexibility index (Phi) is 4.68. The number of anilines is 1. The van der Waals surface area contributed by atoms with Crippen LogP contribution in [-0.2, 0) is 15.4 Å². The maximum absolute atomic E-state index is 12.8. The van der Waals surface area contributed by atoms with Gasteiger partial charge in [-0.1, -0.05) is 34.8 Å². The lowest BCUT2D eigenvalue weighted by Crippen LogP contribution is -2.48. The van der Waals surface area contributed by atoms with E-state index in [-0.39, 0.29) is 25.4 Å². The molecule has 4 saturated carbocycles. The number of benzene rings is 1. The number of thiazole rings is 1. The third-order valence-electron chi connectivity index (χ3n) is 6.60. The number of hydrogen-bond donors (Lipinski definition) is 1. The number of nitrogens with one attached hydrogen (secondary N) is 1. The average Bonchev–Trinajstić information content (AvgIpc) is 3.07. The maximum atomic E-state index is 12.8. The van der Waals surface area contributed by atoms with Gasteiger partial charge in [0.2, 0.25) is 0 Å². The second kappa shape index (κ2) is 6.74. The van der Waals surface area contributed by atoms with E-state index in [1.165, 1.54) is 62.0 Å². The molecular weight excluding hydrogens is 459 g/mol. The van der Waals surface area contributed by atoms with Crippen molar-refractivity contribution in [3.63, 3.8) is 0 Å². The normalized spacial score (nSPS) is 31.3. The highest BCUT2D eigenvalue weighted by molar-refractivity contribution is 7.93. The van der Waals surface area contributed by atoms with Crippen molar-refractivity contribution in [1.82, 2.24) is 4.98 Å². The molecule has 4 bridgehead atoms. The molecule has 1 aromatic carbocycles. The predicted octanol–water partition coefficient (Wildman–Crippen LogP) is 6.37. The molecule has 4 nitrogen and oxygen atoms in total. The van der Waals surface area contributed by atoms with Gasteiger partial charge in [0, 0.05) is 10.8 Å². The molecule has 0 radical (unpaired) electrons. The molecule has 0 unspecified atom stereocenters. The van der Waals surface area contributed by atoms with E-state index in [2.05, 4.69) is 4.72 Å². The first-order chi connectivity index (χ1) is 13.3. The Hall–Kier alpha value is -0.530. The third kappa shape index (κ3) is 3.16. The van der Waals surface area contributed by atoms with Crippen LogP contribution in [0.2, 0.25) is 15.1 Å². The fourth-order valence-electron chi connectivity index (χ4n) is 5.87. The molecule has 0 aliphatic heterocycles. The van der Waals surface area contributed by atoms with Crippen LogP contribution in [0.15, 0.2) is 22.4 Å². The molecule has 1 heterocycles. The Labute approximate surface area is 183 Å². The van der Waals surface area contributed by atoms with Crippen LogP contribution in [0.25, 0.3) is 0 Å². The molecule has 6 rings (SSSR count). The van der Waals surface area contributed by atoms with Crippen molar-refractivity contribution in [2.24, 2.45) is 17.8 Å². The molecule has 0 atom stereocenters. The second-order valence-corrected chi connectivity index (χ2v) is 12.2. The van der Waals surface area contributed by atoms with Gasteiger partial charge in [0.25, 0.3) is 10.0 Å². The number of sulfonamides is 1. The minimum absolute atomic E-state index is 0.0274. The van der Waals surface area contributed by atoms with Gasteiger partial charge >= 0.3 is 0 Å². The highest BCUT2D eigenvalue weighted by atomic mass is 35.5. The van der Waals surface area contributed by atoms with Crippen molar-refractivity contribution < 1.29 is 8.42 Å². The second-order valence-electron chi connectivity index (χ2n) is 8.51. The quantitative estimate of drug-likeness (QED) is 0.520. The zero-order valence-corrected chi connectivity index (χ0v) is 18.8. The molecule has 0 spiro atoms. The largest absolute Gasteiger partial charge is 0.265 e. The number of nitrogens with zero attached hydrogens (tertiary/aromatic N) is 1. The fourth-order valence-corrected chi connectivity index (χ4v) is 8.94. The fraction of sp³-hybridized carbons (Fsp3) is 0.526. The van der Waals surface area contributed by atoms with E-state index < -0.39 is 10.0 Å². The zero-order valence-electron chi connectivity index (χ0n) is 14.9. The summed E-state index contributed by atoms with van der Waals surface area (Å²) in [6.45, 7) is 0. The first kappa shape index (κ1) is 19.4. The van der Waals surface area contributed by atoms with E-state index in [4.69, 9.17) is 39.8 Å². The van der Waals surface area contributed by atoms with Crippen molar-refractivity contribution in [2.75, 3.05) is 4.72 Å². The van der Waals surface area contributed by atoms with Gasteiger partial charge in [-0.25, -0.2) is 13.4 Å². The summed E-state index contributed by atoms with van der Waals surface area (Å²) in [6.07, 6.45) is 7.64. The van der Waals surface area contributed by atoms with Gasteiger partial charge in [0.1, 0.15) is 4.90 Å². The van der Waals surface area contributed by atoms with E-state index in [0.717, 1.165) is 23.4 Å². The minimum Gasteiger partial charge on any atom is -0.255 e. The van der Waals surface area contributed by atoms with Crippen LogP contribution in [0.1, 0.15) is 44.2 Å². The molecule has 4 aliphatic rings. The summed E-state index contributed by atoms with van der Waals surface area (Å²) in [5, 5.41) is 2.55. The molecule has 4 fully saturated rings. The van der Waals surface area contributed by atoms with Crippen LogP contribution in [0.4, 0.5) is 5.13 Å². The van der Waals surface area contributed by atoms with Crippen LogP contribution in [0.3, 0.4) is 0 Å². The SMILES string of the molecule is O=S(=O)(Nc1nc(C23CC4CC(CC(C4)C2)C3)cs1)c1ccc(Cl)c(Cl)c1Cl. The highest BCUT2D eigenvalue weighted by Gasteiger charge is 2.52. The molecule has 0 saturated heterocycles. The van der Waals surface area contributed by atoms with Crippen LogP contribution in [0, 0.1) is 17.8 Å². The summed E-state index contributed by atoms with van der Waals surface area (Å²) in [6, 6.07) is 2.78. The smallest absolute Gasteiger partial charge is 0.255 e. The van der Waals surface area contributed by atoms with E-state index >= 15 is 0 Å². The van der Waals surface area contributed by atoms with Gasteiger partial charge in [-0.3, -0.25) is 4.72 Å². The lowest BCUT2D eigenvalue weighted by Gasteiger charge is -2.56. The van der Waals surface area contributed by atoms with Gasteiger partial charge in [-0.15, -0.1) is 11.3 Å². The van der Waals surface area contributed by atoms with Crippen molar-refractivity contribution >= 4 is 61.3 Å². The lowest BCUT2D eigenvalue weighted by molar-refractivity contribution is -0.00688. The number of rotatable bonds is 4. The maximum Gasteiger partial charge on any atom is 0.265 e. The molecule has 150 valence electrons.